The molecule has 0 fully saturated rings. The number of ether oxygens (including phenoxy) is 1. The summed E-state index contributed by atoms with van der Waals surface area (Å²) in [7, 11) is 0. The first kappa shape index (κ1) is 12.9. The summed E-state index contributed by atoms with van der Waals surface area (Å²) in [6, 6.07) is 4.08. The van der Waals surface area contributed by atoms with Gasteiger partial charge in [-0.05, 0) is 43.4 Å². The number of rotatable bonds is 2. The lowest BCUT2D eigenvalue weighted by Gasteiger charge is -2.29. The van der Waals surface area contributed by atoms with Gasteiger partial charge < -0.3 is 9.15 Å². The zero-order chi connectivity index (χ0) is 14.4. The van der Waals surface area contributed by atoms with Crippen LogP contribution < -0.4 is 10.4 Å². The van der Waals surface area contributed by atoms with Gasteiger partial charge in [-0.25, -0.2) is 4.79 Å². The van der Waals surface area contributed by atoms with Crippen LogP contribution in [0.5, 0.6) is 5.75 Å². The van der Waals surface area contributed by atoms with Gasteiger partial charge >= 0.3 is 5.63 Å². The SMILES string of the molecule is CCCN1COc2ccc3c4c(c(=O)oc3c2C1)CCC4. The van der Waals surface area contributed by atoms with Gasteiger partial charge in [0.1, 0.15) is 18.1 Å². The van der Waals surface area contributed by atoms with Crippen LogP contribution in [0.2, 0.25) is 0 Å². The first-order valence-electron chi connectivity index (χ1n) is 7.73. The van der Waals surface area contributed by atoms with E-state index < -0.39 is 0 Å². The van der Waals surface area contributed by atoms with Gasteiger partial charge in [0.25, 0.3) is 0 Å². The summed E-state index contributed by atoms with van der Waals surface area (Å²) in [6.07, 6.45) is 3.97. The fourth-order valence-electron chi connectivity index (χ4n) is 3.56. The Kier molecular flexibility index (Phi) is 3.00. The molecule has 0 N–H and O–H groups in total. The van der Waals surface area contributed by atoms with Crippen molar-refractivity contribution in [3.8, 4) is 5.75 Å². The topological polar surface area (TPSA) is 42.7 Å². The van der Waals surface area contributed by atoms with E-state index in [9.17, 15) is 4.79 Å². The van der Waals surface area contributed by atoms with Crippen LogP contribution in [0.15, 0.2) is 21.3 Å². The van der Waals surface area contributed by atoms with E-state index in [0.29, 0.717) is 6.73 Å². The molecule has 0 amide bonds. The third kappa shape index (κ3) is 1.97. The van der Waals surface area contributed by atoms with Crippen LogP contribution in [0.4, 0.5) is 0 Å². The lowest BCUT2D eigenvalue weighted by Crippen LogP contribution is -2.32. The third-order valence-corrected chi connectivity index (χ3v) is 4.53. The molecule has 2 aliphatic rings. The minimum absolute atomic E-state index is 0.156. The van der Waals surface area contributed by atoms with Gasteiger partial charge in [0, 0.05) is 24.0 Å². The maximum atomic E-state index is 12.2. The fourth-order valence-corrected chi connectivity index (χ4v) is 3.56. The Balaban J connectivity index is 1.92. The molecule has 0 saturated heterocycles. The Labute approximate surface area is 123 Å². The van der Waals surface area contributed by atoms with Crippen LogP contribution in [-0.2, 0) is 19.4 Å². The first-order chi connectivity index (χ1) is 10.3. The molecule has 4 nitrogen and oxygen atoms in total. The van der Waals surface area contributed by atoms with Crippen molar-refractivity contribution in [2.75, 3.05) is 13.3 Å². The highest BCUT2D eigenvalue weighted by atomic mass is 16.5. The van der Waals surface area contributed by atoms with Gasteiger partial charge in [-0.3, -0.25) is 4.90 Å². The van der Waals surface area contributed by atoms with E-state index in [1.807, 2.05) is 6.07 Å². The van der Waals surface area contributed by atoms with E-state index >= 15 is 0 Å². The predicted molar refractivity (Wildman–Crippen MR) is 80.7 cm³/mol. The molecule has 1 aliphatic carbocycles. The van der Waals surface area contributed by atoms with Crippen LogP contribution in [-0.4, -0.2) is 18.2 Å². The van der Waals surface area contributed by atoms with Crippen molar-refractivity contribution in [3.63, 3.8) is 0 Å². The van der Waals surface area contributed by atoms with Crippen molar-refractivity contribution in [2.24, 2.45) is 0 Å². The number of hydrogen-bond acceptors (Lipinski definition) is 4. The molecule has 0 atom stereocenters. The molecule has 0 spiro atoms. The number of hydrogen-bond donors (Lipinski definition) is 0. The molecule has 1 aliphatic heterocycles. The molecule has 0 radical (unpaired) electrons. The maximum Gasteiger partial charge on any atom is 0.339 e. The molecule has 21 heavy (non-hydrogen) atoms. The maximum absolute atomic E-state index is 12.2. The summed E-state index contributed by atoms with van der Waals surface area (Å²) in [5.41, 5.74) is 3.68. The third-order valence-electron chi connectivity index (χ3n) is 4.53. The average molecular weight is 285 g/mol. The highest BCUT2D eigenvalue weighted by molar-refractivity contribution is 5.86. The lowest BCUT2D eigenvalue weighted by molar-refractivity contribution is 0.0957. The van der Waals surface area contributed by atoms with Crippen molar-refractivity contribution < 1.29 is 9.15 Å². The predicted octanol–water partition coefficient (Wildman–Crippen LogP) is 2.84. The van der Waals surface area contributed by atoms with Gasteiger partial charge in [-0.15, -0.1) is 0 Å². The molecule has 0 bridgehead atoms. The summed E-state index contributed by atoms with van der Waals surface area (Å²) in [4.78, 5) is 14.4. The van der Waals surface area contributed by atoms with Crippen LogP contribution in [0.3, 0.4) is 0 Å². The largest absolute Gasteiger partial charge is 0.478 e. The minimum Gasteiger partial charge on any atom is -0.478 e. The second-order valence-electron chi connectivity index (χ2n) is 5.95. The molecular weight excluding hydrogens is 266 g/mol. The number of benzene rings is 1. The van der Waals surface area contributed by atoms with Crippen molar-refractivity contribution in [1.82, 2.24) is 4.90 Å². The first-order valence-corrected chi connectivity index (χ1v) is 7.73. The highest BCUT2D eigenvalue weighted by Gasteiger charge is 2.25. The summed E-state index contributed by atoms with van der Waals surface area (Å²) < 4.78 is 11.5. The van der Waals surface area contributed by atoms with Crippen LogP contribution >= 0.6 is 0 Å². The van der Waals surface area contributed by atoms with E-state index in [4.69, 9.17) is 9.15 Å². The Morgan fingerprint density at radius 2 is 2.05 bits per heavy atom. The van der Waals surface area contributed by atoms with Crippen molar-refractivity contribution in [2.45, 2.75) is 39.2 Å². The second kappa shape index (κ2) is 4.88. The Bertz CT molecular complexity index is 763. The quantitative estimate of drug-likeness (QED) is 0.796. The van der Waals surface area contributed by atoms with Crippen molar-refractivity contribution in [3.05, 3.63) is 39.2 Å². The minimum atomic E-state index is -0.156. The zero-order valence-electron chi connectivity index (χ0n) is 12.3. The van der Waals surface area contributed by atoms with E-state index in [1.165, 1.54) is 5.56 Å². The van der Waals surface area contributed by atoms with E-state index in [1.54, 1.807) is 0 Å². The monoisotopic (exact) mass is 285 g/mol. The molecule has 0 unspecified atom stereocenters. The Hall–Kier alpha value is -1.81. The summed E-state index contributed by atoms with van der Waals surface area (Å²) in [6.45, 7) is 4.56. The van der Waals surface area contributed by atoms with Crippen LogP contribution in [0, 0.1) is 0 Å². The molecule has 4 heteroatoms. The van der Waals surface area contributed by atoms with E-state index in [2.05, 4.69) is 17.9 Å². The standard InChI is InChI=1S/C17H19NO3/c1-2-8-18-9-14-15(20-10-18)7-6-12-11-4-3-5-13(11)17(19)21-16(12)14/h6-7H,2-5,8-10H2,1H3. The fraction of sp³-hybridized carbons (Fsp3) is 0.471. The molecule has 2 heterocycles. The van der Waals surface area contributed by atoms with Crippen molar-refractivity contribution >= 4 is 11.0 Å². The number of fused-ring (bicyclic) bond motifs is 5. The Morgan fingerprint density at radius 1 is 1.19 bits per heavy atom. The zero-order valence-corrected chi connectivity index (χ0v) is 12.3. The summed E-state index contributed by atoms with van der Waals surface area (Å²) in [5.74, 6) is 0.857. The van der Waals surface area contributed by atoms with Gasteiger partial charge in [-0.1, -0.05) is 6.92 Å². The molecule has 4 rings (SSSR count). The van der Waals surface area contributed by atoms with Gasteiger partial charge in [-0.2, -0.15) is 0 Å². The number of nitrogens with zero attached hydrogens (tertiary/aromatic N) is 1. The summed E-state index contributed by atoms with van der Waals surface area (Å²) >= 11 is 0. The van der Waals surface area contributed by atoms with Crippen LogP contribution in [0.1, 0.15) is 36.5 Å². The molecule has 1 aromatic carbocycles. The molecule has 2 aromatic rings. The average Bonchev–Trinajstić information content (AvgIpc) is 2.98. The van der Waals surface area contributed by atoms with Gasteiger partial charge in [0.2, 0.25) is 0 Å². The molecule has 110 valence electrons. The van der Waals surface area contributed by atoms with Crippen molar-refractivity contribution in [1.29, 1.82) is 0 Å². The lowest BCUT2D eigenvalue weighted by atomic mass is 10.0. The van der Waals surface area contributed by atoms with E-state index in [0.717, 1.165) is 66.6 Å². The van der Waals surface area contributed by atoms with E-state index in [-0.39, 0.29) is 5.63 Å². The normalized spacial score (nSPS) is 17.6. The molecular formula is C17H19NO3. The molecule has 1 aromatic heterocycles. The van der Waals surface area contributed by atoms with Crippen LogP contribution in [0.25, 0.3) is 11.0 Å². The molecule has 0 saturated carbocycles. The van der Waals surface area contributed by atoms with Gasteiger partial charge in [0.05, 0.1) is 5.56 Å². The summed E-state index contributed by atoms with van der Waals surface area (Å²) in [5, 5.41) is 1.10. The number of aryl methyl sites for hydroxylation is 1. The smallest absolute Gasteiger partial charge is 0.339 e. The van der Waals surface area contributed by atoms with Gasteiger partial charge in [0.15, 0.2) is 0 Å². The Morgan fingerprint density at radius 3 is 2.90 bits per heavy atom. The second-order valence-corrected chi connectivity index (χ2v) is 5.95. The highest BCUT2D eigenvalue weighted by Crippen LogP contribution is 2.35.